The first-order valence-corrected chi connectivity index (χ1v) is 8.09. The van der Waals surface area contributed by atoms with Crippen LogP contribution in [-0.2, 0) is 11.8 Å². The maximum absolute atomic E-state index is 13.0. The Morgan fingerprint density at radius 2 is 2.09 bits per heavy atom. The summed E-state index contributed by atoms with van der Waals surface area (Å²) < 4.78 is 3.56. The lowest BCUT2D eigenvalue weighted by molar-refractivity contribution is -0.138. The average Bonchev–Trinajstić information content (AvgIpc) is 3.11. The summed E-state index contributed by atoms with van der Waals surface area (Å²) in [7, 11) is 3.69. The van der Waals surface area contributed by atoms with Crippen LogP contribution < -0.4 is 0 Å². The normalized spacial score (nSPS) is 18.9. The number of imidazole rings is 1. The molecule has 1 aliphatic heterocycles. The molecule has 0 spiro atoms. The van der Waals surface area contributed by atoms with Gasteiger partial charge in [0.25, 0.3) is 5.91 Å². The number of nitrogens with zero attached hydrogens (tertiary/aromatic N) is 5. The number of amides is 2. The van der Waals surface area contributed by atoms with E-state index in [0.29, 0.717) is 25.1 Å². The van der Waals surface area contributed by atoms with Crippen molar-refractivity contribution in [2.24, 2.45) is 7.05 Å². The Morgan fingerprint density at radius 3 is 2.83 bits per heavy atom. The predicted octanol–water partition coefficient (Wildman–Crippen LogP) is 1.15. The van der Waals surface area contributed by atoms with Crippen LogP contribution in [0.5, 0.6) is 0 Å². The third kappa shape index (κ3) is 2.60. The van der Waals surface area contributed by atoms with E-state index in [1.807, 2.05) is 24.0 Å². The molecular formula is C16H23N5O2. The van der Waals surface area contributed by atoms with Crippen LogP contribution in [0.4, 0.5) is 0 Å². The Morgan fingerprint density at radius 1 is 1.30 bits per heavy atom. The molecule has 1 saturated heterocycles. The van der Waals surface area contributed by atoms with Crippen molar-refractivity contribution in [3.8, 4) is 0 Å². The van der Waals surface area contributed by atoms with E-state index in [0.717, 1.165) is 18.5 Å². The highest BCUT2D eigenvalue weighted by atomic mass is 16.2. The number of carbonyl (C=O) groups is 2. The van der Waals surface area contributed by atoms with Crippen molar-refractivity contribution in [2.75, 3.05) is 20.1 Å². The number of aromatic nitrogens is 3. The molecule has 124 valence electrons. The topological polar surface area (TPSA) is 62.9 Å². The minimum absolute atomic E-state index is 0.0355. The van der Waals surface area contributed by atoms with Gasteiger partial charge in [0.1, 0.15) is 17.3 Å². The number of unbranched alkanes of at least 4 members (excludes halogenated alkanes) is 1. The van der Waals surface area contributed by atoms with Crippen molar-refractivity contribution >= 4 is 17.5 Å². The van der Waals surface area contributed by atoms with Crippen molar-refractivity contribution in [1.82, 2.24) is 24.0 Å². The molecule has 2 aromatic rings. The van der Waals surface area contributed by atoms with Gasteiger partial charge in [-0.1, -0.05) is 19.8 Å². The lowest BCUT2D eigenvalue weighted by Crippen LogP contribution is -2.57. The molecule has 7 nitrogen and oxygen atoms in total. The van der Waals surface area contributed by atoms with Gasteiger partial charge in [-0.2, -0.15) is 5.10 Å². The second-order valence-electron chi connectivity index (χ2n) is 6.15. The molecule has 0 bridgehead atoms. The van der Waals surface area contributed by atoms with E-state index in [1.54, 1.807) is 27.6 Å². The monoisotopic (exact) mass is 317 g/mol. The summed E-state index contributed by atoms with van der Waals surface area (Å²) >= 11 is 0. The number of hydrogen-bond donors (Lipinski definition) is 0. The fraction of sp³-hybridized carbons (Fsp3) is 0.562. The standard InChI is InChI=1S/C16H23N5O2/c1-4-5-6-13-16(23)19(3)7-9-20(13)15(22)12-11-17-21-10-8-18(2)14(12)21/h8,10-11,13H,4-7,9H2,1-3H3/t13-/m0/s1. The van der Waals surface area contributed by atoms with Crippen molar-refractivity contribution in [3.05, 3.63) is 24.2 Å². The zero-order valence-electron chi connectivity index (χ0n) is 13.9. The Bertz CT molecular complexity index is 732. The largest absolute Gasteiger partial charge is 0.342 e. The highest BCUT2D eigenvalue weighted by Crippen LogP contribution is 2.21. The summed E-state index contributed by atoms with van der Waals surface area (Å²) in [4.78, 5) is 29.0. The fourth-order valence-corrected chi connectivity index (χ4v) is 3.19. The molecule has 23 heavy (non-hydrogen) atoms. The Balaban J connectivity index is 1.92. The molecule has 0 aromatic carbocycles. The van der Waals surface area contributed by atoms with E-state index in [9.17, 15) is 9.59 Å². The molecule has 0 unspecified atom stereocenters. The van der Waals surface area contributed by atoms with Gasteiger partial charge < -0.3 is 14.4 Å². The van der Waals surface area contributed by atoms with Crippen LogP contribution in [0.1, 0.15) is 36.5 Å². The number of hydrogen-bond acceptors (Lipinski definition) is 3. The van der Waals surface area contributed by atoms with Crippen molar-refractivity contribution in [2.45, 2.75) is 32.2 Å². The SMILES string of the molecule is CCCC[C@H]1C(=O)N(C)CCN1C(=O)c1cnn2ccn(C)c12. The van der Waals surface area contributed by atoms with Crippen LogP contribution in [0.15, 0.2) is 18.6 Å². The minimum Gasteiger partial charge on any atom is -0.342 e. The van der Waals surface area contributed by atoms with Gasteiger partial charge in [-0.05, 0) is 6.42 Å². The smallest absolute Gasteiger partial charge is 0.260 e. The van der Waals surface area contributed by atoms with Crippen LogP contribution in [-0.4, -0.2) is 62.0 Å². The molecule has 0 radical (unpaired) electrons. The average molecular weight is 317 g/mol. The zero-order chi connectivity index (χ0) is 16.6. The lowest BCUT2D eigenvalue weighted by atomic mass is 10.0. The van der Waals surface area contributed by atoms with E-state index in [4.69, 9.17) is 0 Å². The van der Waals surface area contributed by atoms with E-state index in [-0.39, 0.29) is 17.9 Å². The minimum atomic E-state index is -0.364. The third-order valence-corrected chi connectivity index (χ3v) is 4.57. The van der Waals surface area contributed by atoms with Crippen molar-refractivity contribution in [1.29, 1.82) is 0 Å². The van der Waals surface area contributed by atoms with Gasteiger partial charge in [0.15, 0.2) is 0 Å². The maximum atomic E-state index is 13.0. The Kier molecular flexibility index (Phi) is 4.11. The number of likely N-dealkylation sites (N-methyl/N-ethyl adjacent to an activating group) is 1. The summed E-state index contributed by atoms with van der Waals surface area (Å²) in [5.41, 5.74) is 1.31. The fourth-order valence-electron chi connectivity index (χ4n) is 3.19. The van der Waals surface area contributed by atoms with Crippen LogP contribution >= 0.6 is 0 Å². The van der Waals surface area contributed by atoms with Gasteiger partial charge in [-0.15, -0.1) is 0 Å². The molecule has 3 heterocycles. The molecule has 3 rings (SSSR count). The van der Waals surface area contributed by atoms with Crippen LogP contribution in [0.3, 0.4) is 0 Å². The Hall–Kier alpha value is -2.31. The summed E-state index contributed by atoms with van der Waals surface area (Å²) in [6.07, 6.45) is 7.92. The van der Waals surface area contributed by atoms with Gasteiger partial charge in [0.2, 0.25) is 5.91 Å². The predicted molar refractivity (Wildman–Crippen MR) is 86.1 cm³/mol. The second-order valence-corrected chi connectivity index (χ2v) is 6.15. The van der Waals surface area contributed by atoms with Gasteiger partial charge in [0, 0.05) is 39.6 Å². The summed E-state index contributed by atoms with van der Waals surface area (Å²) in [5, 5.41) is 4.23. The molecule has 0 aliphatic carbocycles. The number of aryl methyl sites for hydroxylation is 1. The first kappa shape index (κ1) is 15.6. The highest BCUT2D eigenvalue weighted by molar-refractivity contribution is 6.02. The quantitative estimate of drug-likeness (QED) is 0.850. The summed E-state index contributed by atoms with van der Waals surface area (Å²) in [5.74, 6) is -0.0716. The molecule has 2 amide bonds. The summed E-state index contributed by atoms with van der Waals surface area (Å²) in [6, 6.07) is -0.364. The first-order chi connectivity index (χ1) is 11.0. The Labute approximate surface area is 135 Å². The van der Waals surface area contributed by atoms with Gasteiger partial charge in [-0.25, -0.2) is 4.52 Å². The molecule has 1 atom stereocenters. The van der Waals surface area contributed by atoms with Crippen LogP contribution in [0, 0.1) is 0 Å². The lowest BCUT2D eigenvalue weighted by Gasteiger charge is -2.39. The number of rotatable bonds is 4. The highest BCUT2D eigenvalue weighted by Gasteiger charge is 2.36. The van der Waals surface area contributed by atoms with E-state index < -0.39 is 0 Å². The van der Waals surface area contributed by atoms with E-state index in [2.05, 4.69) is 12.0 Å². The zero-order valence-corrected chi connectivity index (χ0v) is 13.9. The first-order valence-electron chi connectivity index (χ1n) is 8.09. The number of carbonyl (C=O) groups excluding carboxylic acids is 2. The molecule has 0 saturated carbocycles. The van der Waals surface area contributed by atoms with Gasteiger partial charge >= 0.3 is 0 Å². The molecular weight excluding hydrogens is 294 g/mol. The molecule has 0 N–H and O–H groups in total. The molecule has 2 aromatic heterocycles. The second kappa shape index (κ2) is 6.06. The number of piperazine rings is 1. The van der Waals surface area contributed by atoms with Gasteiger partial charge in [-0.3, -0.25) is 9.59 Å². The van der Waals surface area contributed by atoms with Gasteiger partial charge in [0.05, 0.1) is 6.20 Å². The summed E-state index contributed by atoms with van der Waals surface area (Å²) in [6.45, 7) is 3.23. The molecule has 7 heteroatoms. The van der Waals surface area contributed by atoms with Crippen molar-refractivity contribution in [3.63, 3.8) is 0 Å². The van der Waals surface area contributed by atoms with Crippen LogP contribution in [0.2, 0.25) is 0 Å². The van der Waals surface area contributed by atoms with Crippen molar-refractivity contribution < 1.29 is 9.59 Å². The van der Waals surface area contributed by atoms with E-state index >= 15 is 0 Å². The van der Waals surface area contributed by atoms with Crippen LogP contribution in [0.25, 0.3) is 5.65 Å². The maximum Gasteiger partial charge on any atom is 0.260 e. The molecule has 1 aliphatic rings. The number of fused-ring (bicyclic) bond motifs is 1. The molecule has 1 fully saturated rings. The van der Waals surface area contributed by atoms with E-state index in [1.165, 1.54) is 0 Å². The third-order valence-electron chi connectivity index (χ3n) is 4.57.